The minimum atomic E-state index is -0.250. The van der Waals surface area contributed by atoms with Gasteiger partial charge in [0.2, 0.25) is 0 Å². The van der Waals surface area contributed by atoms with Gasteiger partial charge in [-0.1, -0.05) is 212 Å². The largest absolute Gasteiger partial charge is 0.310 e. The van der Waals surface area contributed by atoms with Crippen LogP contribution in [0.1, 0.15) is 23.6 Å². The summed E-state index contributed by atoms with van der Waals surface area (Å²) >= 11 is 0. The molecule has 0 amide bonds. The Morgan fingerprint density at radius 3 is 1.58 bits per heavy atom. The number of nitrogens with zero attached hydrogens (tertiary/aromatic N) is 1. The molecule has 0 heterocycles. The van der Waals surface area contributed by atoms with E-state index in [2.05, 4.69) is 267 Å². The van der Waals surface area contributed by atoms with Gasteiger partial charge in [-0.15, -0.1) is 0 Å². The molecule has 306 valence electrons. The Hall–Kier alpha value is -8.26. The lowest BCUT2D eigenvalue weighted by atomic mass is 9.74. The molecule has 11 aromatic rings. The normalized spacial score (nSPS) is 14.0. The summed E-state index contributed by atoms with van der Waals surface area (Å²) in [6.07, 6.45) is 0. The molecule has 65 heavy (non-hydrogen) atoms. The van der Waals surface area contributed by atoms with Crippen LogP contribution in [0.5, 0.6) is 0 Å². The van der Waals surface area contributed by atoms with Crippen LogP contribution in [0.25, 0.3) is 77.2 Å². The fourth-order valence-electron chi connectivity index (χ4n) is 10.4. The van der Waals surface area contributed by atoms with Crippen molar-refractivity contribution in [2.24, 2.45) is 0 Å². The van der Waals surface area contributed by atoms with E-state index >= 15 is 0 Å². The van der Waals surface area contributed by atoms with E-state index in [0.29, 0.717) is 0 Å². The van der Waals surface area contributed by atoms with Gasteiger partial charge in [-0.2, -0.15) is 0 Å². The Kier molecular flexibility index (Phi) is 9.35. The Balaban J connectivity index is 0.937. The van der Waals surface area contributed by atoms with Gasteiger partial charge < -0.3 is 4.90 Å². The number of benzene rings is 11. The molecule has 0 saturated heterocycles. The molecule has 1 nitrogen and oxygen atoms in total. The molecule has 1 unspecified atom stereocenters. The van der Waals surface area contributed by atoms with Crippen molar-refractivity contribution in [2.45, 2.75) is 12.3 Å². The van der Waals surface area contributed by atoms with Crippen molar-refractivity contribution in [3.8, 4) is 55.6 Å². The molecule has 0 bridgehead atoms. The zero-order chi connectivity index (χ0) is 43.3. The van der Waals surface area contributed by atoms with Gasteiger partial charge in [0.25, 0.3) is 0 Å². The molecule has 0 radical (unpaired) electrons. The molecule has 1 atom stereocenters. The summed E-state index contributed by atoms with van der Waals surface area (Å²) in [5.74, 6) is 0. The summed E-state index contributed by atoms with van der Waals surface area (Å²) in [5.41, 5.74) is 19.3. The van der Waals surface area contributed by atoms with E-state index in [1.807, 2.05) is 0 Å². The highest BCUT2D eigenvalue weighted by Gasteiger charge is 2.41. The van der Waals surface area contributed by atoms with Crippen LogP contribution in [-0.2, 0) is 5.41 Å². The first-order chi connectivity index (χ1) is 32.1. The summed E-state index contributed by atoms with van der Waals surface area (Å²) in [4.78, 5) is 2.39. The van der Waals surface area contributed by atoms with Crippen LogP contribution in [0.3, 0.4) is 0 Å². The van der Waals surface area contributed by atoms with Crippen molar-refractivity contribution in [3.05, 3.63) is 271 Å². The van der Waals surface area contributed by atoms with E-state index in [9.17, 15) is 0 Å². The van der Waals surface area contributed by atoms with E-state index in [-0.39, 0.29) is 5.41 Å². The van der Waals surface area contributed by atoms with Crippen molar-refractivity contribution in [1.82, 2.24) is 0 Å². The molecule has 0 aromatic heterocycles. The quantitative estimate of drug-likeness (QED) is 0.147. The lowest BCUT2D eigenvalue weighted by molar-refractivity contribution is 0.714. The number of rotatable bonds is 8. The molecular weight excluding hydrogens is 783 g/mol. The van der Waals surface area contributed by atoms with Gasteiger partial charge >= 0.3 is 0 Å². The first-order valence-corrected chi connectivity index (χ1v) is 22.6. The minimum absolute atomic E-state index is 0.250. The van der Waals surface area contributed by atoms with Crippen LogP contribution in [0.4, 0.5) is 17.1 Å². The van der Waals surface area contributed by atoms with E-state index in [1.54, 1.807) is 0 Å². The molecule has 1 aliphatic carbocycles. The predicted octanol–water partition coefficient (Wildman–Crippen LogP) is 17.5. The molecule has 0 N–H and O–H groups in total. The van der Waals surface area contributed by atoms with E-state index < -0.39 is 0 Å². The van der Waals surface area contributed by atoms with Gasteiger partial charge in [-0.3, -0.25) is 0 Å². The first-order valence-electron chi connectivity index (χ1n) is 22.6. The predicted molar refractivity (Wildman–Crippen MR) is 275 cm³/mol. The molecule has 0 fully saturated rings. The Morgan fingerprint density at radius 1 is 0.292 bits per heavy atom. The SMILES string of the molecule is CC1(c2ccccc2)c2ccccc2-c2c(-c3ccc(N(c4ccc(-c5ccc6ccccc6c5)cc4)c4cccc(-c5ccc(-c6cccc7ccccc67)cc5)c4)cc3)cccc21. The third kappa shape index (κ3) is 6.64. The van der Waals surface area contributed by atoms with E-state index in [4.69, 9.17) is 0 Å². The highest BCUT2D eigenvalue weighted by molar-refractivity contribution is 5.97. The summed E-state index contributed by atoms with van der Waals surface area (Å²) in [5, 5.41) is 5.02. The van der Waals surface area contributed by atoms with Crippen LogP contribution in [0, 0.1) is 0 Å². The fraction of sp³-hybridized carbons (Fsp3) is 0.0312. The van der Waals surface area contributed by atoms with Crippen LogP contribution >= 0.6 is 0 Å². The third-order valence-corrected chi connectivity index (χ3v) is 13.8. The number of hydrogen-bond donors (Lipinski definition) is 0. The third-order valence-electron chi connectivity index (χ3n) is 13.8. The maximum atomic E-state index is 2.39. The molecule has 11 aromatic carbocycles. The second-order valence-corrected chi connectivity index (χ2v) is 17.4. The van der Waals surface area contributed by atoms with Crippen molar-refractivity contribution < 1.29 is 0 Å². The number of fused-ring (bicyclic) bond motifs is 5. The zero-order valence-electron chi connectivity index (χ0n) is 36.2. The molecule has 12 rings (SSSR count). The highest BCUT2D eigenvalue weighted by atomic mass is 15.1. The van der Waals surface area contributed by atoms with Crippen molar-refractivity contribution in [3.63, 3.8) is 0 Å². The van der Waals surface area contributed by atoms with Gasteiger partial charge in [-0.05, 0) is 143 Å². The van der Waals surface area contributed by atoms with Crippen LogP contribution in [-0.4, -0.2) is 0 Å². The van der Waals surface area contributed by atoms with Crippen molar-refractivity contribution in [2.75, 3.05) is 4.90 Å². The number of anilines is 3. The second-order valence-electron chi connectivity index (χ2n) is 17.4. The molecule has 1 aliphatic rings. The summed E-state index contributed by atoms with van der Waals surface area (Å²) in [7, 11) is 0. The average Bonchev–Trinajstić information content (AvgIpc) is 3.65. The van der Waals surface area contributed by atoms with Gasteiger partial charge in [0.1, 0.15) is 0 Å². The van der Waals surface area contributed by atoms with Gasteiger partial charge in [0, 0.05) is 22.5 Å². The summed E-state index contributed by atoms with van der Waals surface area (Å²) in [6.45, 7) is 2.39. The molecular formula is C64H45N. The van der Waals surface area contributed by atoms with Crippen LogP contribution in [0.15, 0.2) is 255 Å². The second kappa shape index (κ2) is 15.8. The van der Waals surface area contributed by atoms with Gasteiger partial charge in [0.05, 0.1) is 0 Å². The van der Waals surface area contributed by atoms with Gasteiger partial charge in [-0.25, -0.2) is 0 Å². The van der Waals surface area contributed by atoms with Crippen LogP contribution < -0.4 is 4.90 Å². The highest BCUT2D eigenvalue weighted by Crippen LogP contribution is 2.55. The summed E-state index contributed by atoms with van der Waals surface area (Å²) in [6, 6.07) is 93.4. The smallest absolute Gasteiger partial charge is 0.0467 e. The first kappa shape index (κ1) is 38.4. The molecule has 0 aliphatic heterocycles. The topological polar surface area (TPSA) is 3.24 Å². The lowest BCUT2D eigenvalue weighted by Gasteiger charge is -2.28. The molecule has 0 spiro atoms. The summed E-state index contributed by atoms with van der Waals surface area (Å²) < 4.78 is 0. The number of hydrogen-bond acceptors (Lipinski definition) is 1. The van der Waals surface area contributed by atoms with Crippen molar-refractivity contribution in [1.29, 1.82) is 0 Å². The maximum absolute atomic E-state index is 2.39. The van der Waals surface area contributed by atoms with Crippen LogP contribution in [0.2, 0.25) is 0 Å². The Labute approximate surface area is 381 Å². The fourth-order valence-corrected chi connectivity index (χ4v) is 10.4. The standard InChI is InChI=1S/C64H45N/c1-64(53-19-3-2-4-20-53)61-26-10-9-23-60(61)63-59(25-13-27-62(63)64)49-36-40-55(41-37-49)65(54-38-34-46(35-39-54)52-33-30-44-14-5-6-16-50(44)42-52)56-21-11-18-51(43-56)45-28-31-48(32-29-45)58-24-12-17-47-15-7-8-22-57(47)58/h2-43H,1H3. The zero-order valence-corrected chi connectivity index (χ0v) is 36.2. The average molecular weight is 828 g/mol. The lowest BCUT2D eigenvalue weighted by Crippen LogP contribution is -2.22. The van der Waals surface area contributed by atoms with Gasteiger partial charge in [0.15, 0.2) is 0 Å². The minimum Gasteiger partial charge on any atom is -0.310 e. The Morgan fingerprint density at radius 2 is 0.800 bits per heavy atom. The molecule has 0 saturated carbocycles. The monoisotopic (exact) mass is 827 g/mol. The molecule has 1 heteroatoms. The Bertz CT molecular complexity index is 3530. The van der Waals surface area contributed by atoms with E-state index in [1.165, 1.54) is 93.9 Å². The van der Waals surface area contributed by atoms with Crippen molar-refractivity contribution >= 4 is 38.6 Å². The maximum Gasteiger partial charge on any atom is 0.0467 e. The van der Waals surface area contributed by atoms with E-state index in [0.717, 1.165) is 17.1 Å².